The van der Waals surface area contributed by atoms with E-state index in [0.717, 1.165) is 4.68 Å². The van der Waals surface area contributed by atoms with E-state index in [9.17, 15) is 8.78 Å². The molecule has 0 aliphatic carbocycles. The fraction of sp³-hybridized carbons (Fsp3) is 0.235. The molecule has 0 saturated carbocycles. The Bertz CT molecular complexity index is 978. The monoisotopic (exact) mass is 446 g/mol. The first-order chi connectivity index (χ1) is 13.5. The number of aromatic nitrogens is 3. The summed E-state index contributed by atoms with van der Waals surface area (Å²) in [5.74, 6) is 1.40. The zero-order chi connectivity index (χ0) is 20.1. The Morgan fingerprint density at radius 3 is 2.86 bits per heavy atom. The topological polar surface area (TPSA) is 65.4 Å². The number of ether oxygens (including phenoxy) is 1. The molecule has 0 fully saturated rings. The van der Waals surface area contributed by atoms with Crippen molar-refractivity contribution in [3.8, 4) is 5.75 Å². The number of nitrogens with zero attached hydrogens (tertiary/aromatic N) is 4. The van der Waals surface area contributed by atoms with E-state index in [1.54, 1.807) is 30.3 Å². The Kier molecular flexibility index (Phi) is 6.93. The van der Waals surface area contributed by atoms with Crippen molar-refractivity contribution in [1.82, 2.24) is 14.9 Å². The van der Waals surface area contributed by atoms with Gasteiger partial charge >= 0.3 is 0 Å². The van der Waals surface area contributed by atoms with Crippen LogP contribution in [0.4, 0.5) is 8.78 Å². The highest BCUT2D eigenvalue weighted by molar-refractivity contribution is 7.99. The summed E-state index contributed by atoms with van der Waals surface area (Å²) >= 11 is 13.3. The van der Waals surface area contributed by atoms with Crippen LogP contribution in [0.1, 0.15) is 30.7 Å². The number of furan rings is 1. The molecular weight excluding hydrogens is 433 g/mol. The maximum Gasteiger partial charge on any atom is 0.299 e. The largest absolute Gasteiger partial charge is 0.484 e. The molecule has 0 bridgehead atoms. The molecule has 2 heterocycles. The Balaban J connectivity index is 1.71. The fourth-order valence-corrected chi connectivity index (χ4v) is 3.11. The van der Waals surface area contributed by atoms with Crippen LogP contribution in [0.3, 0.4) is 0 Å². The third-order valence-corrected chi connectivity index (χ3v) is 4.98. The molecule has 0 saturated heterocycles. The van der Waals surface area contributed by atoms with Crippen LogP contribution in [0.15, 0.2) is 45.0 Å². The minimum absolute atomic E-state index is 0.111. The van der Waals surface area contributed by atoms with E-state index in [-0.39, 0.29) is 11.8 Å². The molecule has 0 unspecified atom stereocenters. The molecule has 148 valence electrons. The molecule has 0 aliphatic heterocycles. The van der Waals surface area contributed by atoms with Crippen molar-refractivity contribution >= 4 is 41.2 Å². The molecular formula is C17H14Cl2F2N4O2S. The number of hydrogen-bond donors (Lipinski definition) is 0. The van der Waals surface area contributed by atoms with Crippen molar-refractivity contribution in [3.05, 3.63) is 57.7 Å². The van der Waals surface area contributed by atoms with Gasteiger partial charge in [0.2, 0.25) is 11.0 Å². The van der Waals surface area contributed by atoms with Gasteiger partial charge in [-0.2, -0.15) is 9.78 Å². The highest BCUT2D eigenvalue weighted by Gasteiger charge is 2.20. The van der Waals surface area contributed by atoms with E-state index in [1.807, 2.05) is 6.92 Å². The number of thioether (sulfide) groups is 1. The van der Waals surface area contributed by atoms with Crippen molar-refractivity contribution < 1.29 is 17.9 Å². The Morgan fingerprint density at radius 1 is 1.29 bits per heavy atom. The summed E-state index contributed by atoms with van der Waals surface area (Å²) in [5, 5.41) is 12.2. The summed E-state index contributed by atoms with van der Waals surface area (Å²) in [6.07, 6.45) is -1.48. The van der Waals surface area contributed by atoms with Crippen molar-refractivity contribution in [2.24, 2.45) is 5.10 Å². The average Bonchev–Trinajstić information content (AvgIpc) is 3.28. The van der Waals surface area contributed by atoms with Gasteiger partial charge in [-0.25, -0.2) is 8.78 Å². The summed E-state index contributed by atoms with van der Waals surface area (Å²) < 4.78 is 38.3. The third-order valence-electron chi connectivity index (χ3n) is 3.37. The zero-order valence-corrected chi connectivity index (χ0v) is 16.8. The van der Waals surface area contributed by atoms with Gasteiger partial charge < -0.3 is 9.15 Å². The molecule has 0 atom stereocenters. The lowest BCUT2D eigenvalue weighted by Gasteiger charge is -2.07. The number of halogens is 4. The maximum absolute atomic E-state index is 13.1. The molecule has 28 heavy (non-hydrogen) atoms. The lowest BCUT2D eigenvalue weighted by Crippen LogP contribution is -2.00. The molecule has 11 heteroatoms. The summed E-state index contributed by atoms with van der Waals surface area (Å²) in [4.78, 5) is 0. The Labute approximate surface area is 173 Å². The number of hydrogen-bond acceptors (Lipinski definition) is 6. The van der Waals surface area contributed by atoms with Crippen LogP contribution >= 0.6 is 35.0 Å². The molecule has 0 radical (unpaired) electrons. The minimum atomic E-state index is -2.79. The first-order valence-corrected chi connectivity index (χ1v) is 9.80. The van der Waals surface area contributed by atoms with Gasteiger partial charge in [0.15, 0.2) is 0 Å². The normalized spacial score (nSPS) is 11.6. The van der Waals surface area contributed by atoms with Crippen LogP contribution in [-0.4, -0.2) is 26.8 Å². The smallest absolute Gasteiger partial charge is 0.299 e. The van der Waals surface area contributed by atoms with Crippen LogP contribution in [-0.2, 0) is 6.61 Å². The van der Waals surface area contributed by atoms with Crippen molar-refractivity contribution in [3.63, 3.8) is 0 Å². The summed E-state index contributed by atoms with van der Waals surface area (Å²) in [6, 6.07) is 8.38. The second-order valence-electron chi connectivity index (χ2n) is 5.28. The van der Waals surface area contributed by atoms with Crippen LogP contribution in [0.2, 0.25) is 10.0 Å². The first-order valence-electron chi connectivity index (χ1n) is 8.05. The van der Waals surface area contributed by atoms with Crippen LogP contribution < -0.4 is 4.74 Å². The van der Waals surface area contributed by atoms with E-state index in [2.05, 4.69) is 15.3 Å². The predicted octanol–water partition coefficient (Wildman–Crippen LogP) is 5.69. The Morgan fingerprint density at radius 2 is 2.11 bits per heavy atom. The highest BCUT2D eigenvalue weighted by Crippen LogP contribution is 2.32. The maximum atomic E-state index is 13.1. The minimum Gasteiger partial charge on any atom is -0.484 e. The SMILES string of the molecule is CCSc1nnc(C(F)F)n1N=Cc1ccc(COc2cccc(Cl)c2Cl)o1. The van der Waals surface area contributed by atoms with Crippen molar-refractivity contribution in [2.45, 2.75) is 25.1 Å². The average molecular weight is 447 g/mol. The van der Waals surface area contributed by atoms with Crippen LogP contribution in [0.25, 0.3) is 0 Å². The fourth-order valence-electron chi connectivity index (χ4n) is 2.14. The van der Waals surface area contributed by atoms with Gasteiger partial charge in [-0.15, -0.1) is 10.2 Å². The standard InChI is InChI=1S/C17H14Cl2F2N4O2S/c1-2-28-17-24-23-16(15(20)21)25(17)22-8-10-6-7-11(27-10)9-26-13-5-3-4-12(18)14(13)19/h3-8,15H,2,9H2,1H3. The second kappa shape index (κ2) is 9.40. The quantitative estimate of drug-likeness (QED) is 0.328. The lowest BCUT2D eigenvalue weighted by atomic mass is 10.3. The molecule has 0 amide bonds. The third kappa shape index (κ3) is 4.84. The molecule has 0 aliphatic rings. The highest BCUT2D eigenvalue weighted by atomic mass is 35.5. The molecule has 1 aromatic carbocycles. The second-order valence-corrected chi connectivity index (χ2v) is 7.29. The number of alkyl halides is 2. The van der Waals surface area contributed by atoms with Gasteiger partial charge in [0.1, 0.15) is 28.9 Å². The lowest BCUT2D eigenvalue weighted by molar-refractivity contribution is 0.135. The molecule has 0 N–H and O–H groups in total. The molecule has 2 aromatic heterocycles. The molecule has 3 aromatic rings. The van der Waals surface area contributed by atoms with E-state index in [4.69, 9.17) is 32.4 Å². The van der Waals surface area contributed by atoms with E-state index >= 15 is 0 Å². The summed E-state index contributed by atoms with van der Waals surface area (Å²) in [5.41, 5.74) is 0. The van der Waals surface area contributed by atoms with Gasteiger partial charge in [0.05, 0.1) is 11.2 Å². The van der Waals surface area contributed by atoms with Gasteiger partial charge in [0.25, 0.3) is 6.43 Å². The van der Waals surface area contributed by atoms with E-state index in [0.29, 0.717) is 33.1 Å². The van der Waals surface area contributed by atoms with Crippen LogP contribution in [0, 0.1) is 0 Å². The van der Waals surface area contributed by atoms with Gasteiger partial charge in [0, 0.05) is 0 Å². The number of rotatable bonds is 8. The predicted molar refractivity (Wildman–Crippen MR) is 104 cm³/mol. The van der Waals surface area contributed by atoms with Crippen molar-refractivity contribution in [2.75, 3.05) is 5.75 Å². The number of benzene rings is 1. The summed E-state index contributed by atoms with van der Waals surface area (Å²) in [7, 11) is 0. The van der Waals surface area contributed by atoms with E-state index < -0.39 is 12.2 Å². The van der Waals surface area contributed by atoms with Crippen molar-refractivity contribution in [1.29, 1.82) is 0 Å². The first kappa shape index (κ1) is 20.6. The Hall–Kier alpha value is -2.10. The molecule has 0 spiro atoms. The summed E-state index contributed by atoms with van der Waals surface area (Å²) in [6.45, 7) is 1.99. The molecule has 3 rings (SSSR count). The van der Waals surface area contributed by atoms with Gasteiger partial charge in [-0.3, -0.25) is 0 Å². The van der Waals surface area contributed by atoms with Gasteiger partial charge in [-0.1, -0.05) is 48.0 Å². The molecule has 6 nitrogen and oxygen atoms in total. The van der Waals surface area contributed by atoms with E-state index in [1.165, 1.54) is 18.0 Å². The van der Waals surface area contributed by atoms with Crippen LogP contribution in [0.5, 0.6) is 5.75 Å². The van der Waals surface area contributed by atoms with Gasteiger partial charge in [-0.05, 0) is 30.0 Å². The zero-order valence-electron chi connectivity index (χ0n) is 14.5.